The largest absolute Gasteiger partial charge is 0.497 e. The maximum atomic E-state index is 12.4. The van der Waals surface area contributed by atoms with Gasteiger partial charge >= 0.3 is 5.97 Å². The van der Waals surface area contributed by atoms with Gasteiger partial charge in [0.15, 0.2) is 6.61 Å². The number of esters is 1. The molecule has 1 amide bonds. The van der Waals surface area contributed by atoms with Crippen LogP contribution in [0.1, 0.15) is 33.3 Å². The summed E-state index contributed by atoms with van der Waals surface area (Å²) in [7, 11) is 3.11. The molecule has 0 aliphatic rings. The van der Waals surface area contributed by atoms with E-state index in [-0.39, 0.29) is 12.5 Å². The highest BCUT2D eigenvalue weighted by Gasteiger charge is 2.17. The summed E-state index contributed by atoms with van der Waals surface area (Å²) in [5.74, 6) is 1.19. The van der Waals surface area contributed by atoms with E-state index in [0.717, 1.165) is 0 Å². The third-order valence-corrected chi connectivity index (χ3v) is 3.70. The average Bonchev–Trinajstić information content (AvgIpc) is 2.62. The number of hydrogen-bond donors (Lipinski definition) is 0. The molecule has 0 saturated heterocycles. The summed E-state index contributed by atoms with van der Waals surface area (Å²) in [4.78, 5) is 26.1. The van der Waals surface area contributed by atoms with E-state index in [0.29, 0.717) is 42.0 Å². The second-order valence-corrected chi connectivity index (χ2v) is 7.14. The lowest BCUT2D eigenvalue weighted by Gasteiger charge is -2.26. The highest BCUT2D eigenvalue weighted by molar-refractivity contribution is 5.89. The Kier molecular flexibility index (Phi) is 9.40. The van der Waals surface area contributed by atoms with E-state index in [1.165, 1.54) is 6.08 Å². The fourth-order valence-corrected chi connectivity index (χ4v) is 2.55. The maximum absolute atomic E-state index is 12.4. The van der Waals surface area contributed by atoms with E-state index in [1.807, 2.05) is 0 Å². The maximum Gasteiger partial charge on any atom is 0.331 e. The molecule has 0 aliphatic heterocycles. The Bertz CT molecular complexity index is 642. The molecule has 27 heavy (non-hydrogen) atoms. The summed E-state index contributed by atoms with van der Waals surface area (Å²) < 4.78 is 15.5. The van der Waals surface area contributed by atoms with E-state index in [9.17, 15) is 9.59 Å². The molecule has 150 valence electrons. The van der Waals surface area contributed by atoms with E-state index in [1.54, 1.807) is 43.4 Å². The predicted octanol–water partition coefficient (Wildman–Crippen LogP) is 3.40. The first-order chi connectivity index (χ1) is 12.8. The van der Waals surface area contributed by atoms with Gasteiger partial charge in [-0.2, -0.15) is 0 Å². The zero-order valence-corrected chi connectivity index (χ0v) is 17.2. The van der Waals surface area contributed by atoms with Gasteiger partial charge in [-0.15, -0.1) is 0 Å². The lowest BCUT2D eigenvalue weighted by Crippen LogP contribution is -2.39. The summed E-state index contributed by atoms with van der Waals surface area (Å²) in [6.07, 6.45) is 2.87. The smallest absolute Gasteiger partial charge is 0.331 e. The molecule has 0 heterocycles. The van der Waals surface area contributed by atoms with Crippen molar-refractivity contribution >= 4 is 18.0 Å². The van der Waals surface area contributed by atoms with Crippen molar-refractivity contribution in [2.24, 2.45) is 11.8 Å². The van der Waals surface area contributed by atoms with Gasteiger partial charge in [-0.25, -0.2) is 4.79 Å². The van der Waals surface area contributed by atoms with E-state index >= 15 is 0 Å². The predicted molar refractivity (Wildman–Crippen MR) is 106 cm³/mol. The van der Waals surface area contributed by atoms with Crippen LogP contribution in [-0.2, 0) is 14.3 Å². The van der Waals surface area contributed by atoms with Gasteiger partial charge in [0.2, 0.25) is 0 Å². The lowest BCUT2D eigenvalue weighted by molar-refractivity contribution is -0.148. The molecule has 0 aliphatic carbocycles. The Labute approximate surface area is 162 Å². The normalized spacial score (nSPS) is 11.1. The third kappa shape index (κ3) is 8.15. The van der Waals surface area contributed by atoms with Gasteiger partial charge in [0, 0.05) is 30.8 Å². The van der Waals surface area contributed by atoms with Crippen molar-refractivity contribution < 1.29 is 23.8 Å². The molecule has 0 bridgehead atoms. The number of hydrogen-bond acceptors (Lipinski definition) is 5. The van der Waals surface area contributed by atoms with E-state index < -0.39 is 5.97 Å². The highest BCUT2D eigenvalue weighted by atomic mass is 16.5. The Morgan fingerprint density at radius 2 is 1.67 bits per heavy atom. The average molecular weight is 377 g/mol. The van der Waals surface area contributed by atoms with Crippen LogP contribution >= 0.6 is 0 Å². The Balaban J connectivity index is 2.65. The van der Waals surface area contributed by atoms with Crippen LogP contribution in [0.3, 0.4) is 0 Å². The first kappa shape index (κ1) is 22.5. The minimum Gasteiger partial charge on any atom is -0.497 e. The van der Waals surface area contributed by atoms with Crippen molar-refractivity contribution in [1.82, 2.24) is 4.90 Å². The Morgan fingerprint density at radius 1 is 1.04 bits per heavy atom. The van der Waals surface area contributed by atoms with Crippen LogP contribution in [0.4, 0.5) is 0 Å². The molecule has 0 atom stereocenters. The van der Waals surface area contributed by atoms with Crippen LogP contribution in [0, 0.1) is 11.8 Å². The van der Waals surface area contributed by atoms with Crippen LogP contribution in [0.15, 0.2) is 24.3 Å². The quantitative estimate of drug-likeness (QED) is 0.462. The Hall–Kier alpha value is -2.50. The van der Waals surface area contributed by atoms with Crippen molar-refractivity contribution in [2.45, 2.75) is 27.7 Å². The van der Waals surface area contributed by atoms with Crippen molar-refractivity contribution in [3.05, 3.63) is 29.8 Å². The lowest BCUT2D eigenvalue weighted by atomic mass is 10.1. The first-order valence-electron chi connectivity index (χ1n) is 9.11. The molecule has 1 aromatic rings. The van der Waals surface area contributed by atoms with Crippen LogP contribution in [-0.4, -0.2) is 50.7 Å². The molecule has 0 unspecified atom stereocenters. The molecule has 0 N–H and O–H groups in total. The van der Waals surface area contributed by atoms with Gasteiger partial charge in [0.05, 0.1) is 14.2 Å². The monoisotopic (exact) mass is 377 g/mol. The molecule has 1 aromatic carbocycles. The molecule has 0 spiro atoms. The van der Waals surface area contributed by atoms with Crippen molar-refractivity contribution in [3.63, 3.8) is 0 Å². The van der Waals surface area contributed by atoms with Gasteiger partial charge < -0.3 is 19.1 Å². The summed E-state index contributed by atoms with van der Waals surface area (Å²) in [6, 6.07) is 5.27. The number of amides is 1. The highest BCUT2D eigenvalue weighted by Crippen LogP contribution is 2.25. The minimum atomic E-state index is -0.574. The Morgan fingerprint density at radius 3 is 2.19 bits per heavy atom. The van der Waals surface area contributed by atoms with Gasteiger partial charge in [-0.05, 0) is 30.0 Å². The summed E-state index contributed by atoms with van der Waals surface area (Å²) >= 11 is 0. The first-order valence-corrected chi connectivity index (χ1v) is 9.11. The van der Waals surface area contributed by atoms with Gasteiger partial charge in [0.1, 0.15) is 11.5 Å². The zero-order valence-electron chi connectivity index (χ0n) is 17.2. The van der Waals surface area contributed by atoms with Crippen LogP contribution in [0.25, 0.3) is 6.08 Å². The molecule has 0 fully saturated rings. The number of ether oxygens (including phenoxy) is 3. The van der Waals surface area contributed by atoms with Gasteiger partial charge in [-0.1, -0.05) is 27.7 Å². The molecule has 0 radical (unpaired) electrons. The summed E-state index contributed by atoms with van der Waals surface area (Å²) in [5.41, 5.74) is 0.711. The SMILES string of the molecule is COc1ccc(/C=C/C(=O)OCC(=O)N(CC(C)C)CC(C)C)c(OC)c1. The molecule has 6 nitrogen and oxygen atoms in total. The van der Waals surface area contributed by atoms with E-state index in [4.69, 9.17) is 14.2 Å². The number of nitrogens with zero attached hydrogens (tertiary/aromatic N) is 1. The number of carbonyl (C=O) groups is 2. The minimum absolute atomic E-state index is 0.179. The molecule has 1 rings (SSSR count). The van der Waals surface area contributed by atoms with E-state index in [2.05, 4.69) is 27.7 Å². The van der Waals surface area contributed by atoms with Crippen molar-refractivity contribution in [3.8, 4) is 11.5 Å². The summed E-state index contributed by atoms with van der Waals surface area (Å²) in [5, 5.41) is 0. The van der Waals surface area contributed by atoms with Crippen molar-refractivity contribution in [2.75, 3.05) is 33.9 Å². The van der Waals surface area contributed by atoms with Gasteiger partial charge in [-0.3, -0.25) is 4.79 Å². The summed E-state index contributed by atoms with van der Waals surface area (Å²) in [6.45, 7) is 9.24. The van der Waals surface area contributed by atoms with Crippen LogP contribution in [0.5, 0.6) is 11.5 Å². The zero-order chi connectivity index (χ0) is 20.4. The second kappa shape index (κ2) is 11.3. The fourth-order valence-electron chi connectivity index (χ4n) is 2.55. The van der Waals surface area contributed by atoms with Crippen molar-refractivity contribution in [1.29, 1.82) is 0 Å². The molecular weight excluding hydrogens is 346 g/mol. The molecule has 0 saturated carbocycles. The fraction of sp³-hybridized carbons (Fsp3) is 0.524. The third-order valence-electron chi connectivity index (χ3n) is 3.70. The molecule has 0 aromatic heterocycles. The van der Waals surface area contributed by atoms with Crippen LogP contribution < -0.4 is 9.47 Å². The standard InChI is InChI=1S/C21H31NO5/c1-15(2)12-22(13-16(3)4)20(23)14-27-21(24)10-8-17-7-9-18(25-5)11-19(17)26-6/h7-11,15-16H,12-14H2,1-6H3/b10-8+. The van der Waals surface area contributed by atoms with Gasteiger partial charge in [0.25, 0.3) is 5.91 Å². The van der Waals surface area contributed by atoms with Crippen LogP contribution in [0.2, 0.25) is 0 Å². The topological polar surface area (TPSA) is 65.1 Å². The number of rotatable bonds is 10. The number of benzene rings is 1. The number of methoxy groups -OCH3 is 2. The second-order valence-electron chi connectivity index (χ2n) is 7.14. The molecule has 6 heteroatoms. The number of carbonyl (C=O) groups excluding carboxylic acids is 2. The molecular formula is C21H31NO5.